The molecule has 2 heterocycles. The number of rotatable bonds is 2. The van der Waals surface area contributed by atoms with Gasteiger partial charge in [-0.05, 0) is 22.9 Å². The van der Waals surface area contributed by atoms with Crippen LogP contribution in [0, 0.1) is 0 Å². The SMILES string of the molecule is CCN(O)c1cc(=O)c2occ(Br)c2o1. The van der Waals surface area contributed by atoms with Crippen LogP contribution in [0.4, 0.5) is 5.88 Å². The van der Waals surface area contributed by atoms with Crippen molar-refractivity contribution in [3.63, 3.8) is 0 Å². The first-order valence-corrected chi connectivity index (χ1v) is 5.10. The van der Waals surface area contributed by atoms with E-state index in [1.165, 1.54) is 12.3 Å². The van der Waals surface area contributed by atoms with Crippen LogP contribution < -0.4 is 10.5 Å². The van der Waals surface area contributed by atoms with Gasteiger partial charge >= 0.3 is 0 Å². The molecule has 0 fully saturated rings. The summed E-state index contributed by atoms with van der Waals surface area (Å²) in [5, 5.41) is 10.2. The fraction of sp³-hybridized carbons (Fsp3) is 0.222. The molecule has 0 bridgehead atoms. The van der Waals surface area contributed by atoms with Crippen LogP contribution in [0.3, 0.4) is 0 Å². The highest BCUT2D eigenvalue weighted by Crippen LogP contribution is 2.26. The van der Waals surface area contributed by atoms with Gasteiger partial charge in [0.2, 0.25) is 16.9 Å². The molecule has 80 valence electrons. The van der Waals surface area contributed by atoms with Crippen molar-refractivity contribution in [3.05, 3.63) is 27.0 Å². The molecule has 0 atom stereocenters. The van der Waals surface area contributed by atoms with Crippen molar-refractivity contribution in [2.75, 3.05) is 11.6 Å². The molecule has 0 saturated heterocycles. The van der Waals surface area contributed by atoms with E-state index < -0.39 is 0 Å². The fourth-order valence-electron chi connectivity index (χ4n) is 1.19. The first-order chi connectivity index (χ1) is 7.13. The first kappa shape index (κ1) is 10.3. The number of fused-ring (bicyclic) bond motifs is 1. The Morgan fingerprint density at radius 3 is 2.93 bits per heavy atom. The zero-order chi connectivity index (χ0) is 11.0. The lowest BCUT2D eigenvalue weighted by atomic mass is 10.4. The standard InChI is InChI=1S/C9H8BrNO4/c1-2-11(13)7-3-6(12)9-8(15-7)5(10)4-14-9/h3-4,13H,2H2,1H3. The van der Waals surface area contributed by atoms with Crippen molar-refractivity contribution in [2.24, 2.45) is 0 Å². The summed E-state index contributed by atoms with van der Waals surface area (Å²) < 4.78 is 10.8. The van der Waals surface area contributed by atoms with E-state index in [0.29, 0.717) is 16.6 Å². The fourth-order valence-corrected chi connectivity index (χ4v) is 1.54. The van der Waals surface area contributed by atoms with Gasteiger partial charge in [-0.15, -0.1) is 0 Å². The third-order valence-corrected chi connectivity index (χ3v) is 2.49. The monoisotopic (exact) mass is 273 g/mol. The second-order valence-corrected chi connectivity index (χ2v) is 3.76. The zero-order valence-electron chi connectivity index (χ0n) is 7.86. The van der Waals surface area contributed by atoms with Gasteiger partial charge in [0.15, 0.2) is 5.58 Å². The lowest BCUT2D eigenvalue weighted by molar-refractivity contribution is 0.239. The van der Waals surface area contributed by atoms with Gasteiger partial charge in [-0.3, -0.25) is 10.0 Å². The van der Waals surface area contributed by atoms with Crippen LogP contribution in [0.15, 0.2) is 30.4 Å². The molecule has 6 heteroatoms. The molecule has 0 aliphatic heterocycles. The molecule has 0 radical (unpaired) electrons. The summed E-state index contributed by atoms with van der Waals surface area (Å²) in [5.41, 5.74) is 0.101. The molecule has 0 aromatic carbocycles. The van der Waals surface area contributed by atoms with Crippen LogP contribution in [0.2, 0.25) is 0 Å². The maximum atomic E-state index is 11.5. The van der Waals surface area contributed by atoms with E-state index in [4.69, 9.17) is 8.83 Å². The van der Waals surface area contributed by atoms with Crippen LogP contribution >= 0.6 is 15.9 Å². The largest absolute Gasteiger partial charge is 0.456 e. The summed E-state index contributed by atoms with van der Waals surface area (Å²) in [6.45, 7) is 2.05. The summed E-state index contributed by atoms with van der Waals surface area (Å²) in [6.07, 6.45) is 1.37. The predicted octanol–water partition coefficient (Wildman–Crippen LogP) is 2.36. The van der Waals surface area contributed by atoms with Crippen molar-refractivity contribution < 1.29 is 14.0 Å². The van der Waals surface area contributed by atoms with Crippen molar-refractivity contribution >= 4 is 33.0 Å². The Kier molecular flexibility index (Phi) is 2.54. The second kappa shape index (κ2) is 3.71. The maximum absolute atomic E-state index is 11.5. The average Bonchev–Trinajstić information content (AvgIpc) is 2.60. The van der Waals surface area contributed by atoms with Gasteiger partial charge in [0.1, 0.15) is 6.26 Å². The zero-order valence-corrected chi connectivity index (χ0v) is 9.44. The summed E-state index contributed by atoms with van der Waals surface area (Å²) in [5.74, 6) is 0.0945. The van der Waals surface area contributed by atoms with Crippen LogP contribution in [-0.4, -0.2) is 11.8 Å². The van der Waals surface area contributed by atoms with Crippen LogP contribution in [-0.2, 0) is 0 Å². The third-order valence-electron chi connectivity index (χ3n) is 1.94. The predicted molar refractivity (Wildman–Crippen MR) is 57.3 cm³/mol. The van der Waals surface area contributed by atoms with E-state index in [1.807, 2.05) is 0 Å². The molecule has 2 rings (SSSR count). The Bertz CT molecular complexity index is 545. The van der Waals surface area contributed by atoms with Gasteiger partial charge in [-0.25, -0.2) is 5.06 Å². The molecule has 15 heavy (non-hydrogen) atoms. The van der Waals surface area contributed by atoms with Gasteiger partial charge in [0.25, 0.3) is 0 Å². The molecule has 0 aliphatic carbocycles. The van der Waals surface area contributed by atoms with Crippen LogP contribution in [0.25, 0.3) is 11.2 Å². The highest BCUT2D eigenvalue weighted by Gasteiger charge is 2.13. The molecule has 2 aromatic heterocycles. The number of hydrogen-bond acceptors (Lipinski definition) is 5. The van der Waals surface area contributed by atoms with Crippen LogP contribution in [0.1, 0.15) is 6.92 Å². The average molecular weight is 274 g/mol. The van der Waals surface area contributed by atoms with E-state index in [2.05, 4.69) is 15.9 Å². The van der Waals surface area contributed by atoms with E-state index in [0.717, 1.165) is 5.06 Å². The first-order valence-electron chi connectivity index (χ1n) is 4.30. The summed E-state index contributed by atoms with van der Waals surface area (Å²) >= 11 is 3.18. The smallest absolute Gasteiger partial charge is 0.230 e. The quantitative estimate of drug-likeness (QED) is 0.851. The van der Waals surface area contributed by atoms with Gasteiger partial charge in [0, 0.05) is 6.54 Å². The summed E-state index contributed by atoms with van der Waals surface area (Å²) in [4.78, 5) is 11.5. The molecule has 0 saturated carbocycles. The number of hydrogen-bond donors (Lipinski definition) is 1. The molecule has 0 amide bonds. The summed E-state index contributed by atoms with van der Waals surface area (Å²) in [6, 6.07) is 1.18. The number of nitrogens with zero attached hydrogens (tertiary/aromatic N) is 1. The second-order valence-electron chi connectivity index (χ2n) is 2.91. The molecule has 1 N–H and O–H groups in total. The Morgan fingerprint density at radius 2 is 2.27 bits per heavy atom. The number of hydroxylamine groups is 1. The lowest BCUT2D eigenvalue weighted by Gasteiger charge is -2.11. The highest BCUT2D eigenvalue weighted by atomic mass is 79.9. The van der Waals surface area contributed by atoms with Crippen molar-refractivity contribution in [1.82, 2.24) is 0 Å². The number of furan rings is 1. The minimum Gasteiger partial charge on any atom is -0.456 e. The maximum Gasteiger partial charge on any atom is 0.230 e. The van der Waals surface area contributed by atoms with Gasteiger partial charge in [0.05, 0.1) is 10.5 Å². The van der Waals surface area contributed by atoms with Crippen molar-refractivity contribution in [3.8, 4) is 0 Å². The topological polar surface area (TPSA) is 66.8 Å². The van der Waals surface area contributed by atoms with E-state index in [9.17, 15) is 10.0 Å². The van der Waals surface area contributed by atoms with Gasteiger partial charge in [-0.2, -0.15) is 0 Å². The molecule has 0 spiro atoms. The molecular weight excluding hydrogens is 266 g/mol. The Hall–Kier alpha value is -1.27. The number of anilines is 1. The molecule has 0 unspecified atom stereocenters. The van der Waals surface area contributed by atoms with Crippen LogP contribution in [0.5, 0.6) is 0 Å². The number of halogens is 1. The Balaban J connectivity index is 2.70. The van der Waals surface area contributed by atoms with E-state index >= 15 is 0 Å². The minimum atomic E-state index is -0.329. The highest BCUT2D eigenvalue weighted by molar-refractivity contribution is 9.10. The normalized spacial score (nSPS) is 10.9. The summed E-state index contributed by atoms with van der Waals surface area (Å²) in [7, 11) is 0. The molecule has 2 aromatic rings. The Labute approximate surface area is 93.0 Å². The van der Waals surface area contributed by atoms with Crippen molar-refractivity contribution in [2.45, 2.75) is 6.92 Å². The Morgan fingerprint density at radius 1 is 1.53 bits per heavy atom. The van der Waals surface area contributed by atoms with Gasteiger partial charge in [-0.1, -0.05) is 0 Å². The third kappa shape index (κ3) is 1.66. The van der Waals surface area contributed by atoms with E-state index in [-0.39, 0.29) is 16.9 Å². The molecule has 5 nitrogen and oxygen atoms in total. The van der Waals surface area contributed by atoms with Crippen molar-refractivity contribution in [1.29, 1.82) is 0 Å². The van der Waals surface area contributed by atoms with E-state index in [1.54, 1.807) is 6.92 Å². The van der Waals surface area contributed by atoms with Gasteiger partial charge < -0.3 is 8.83 Å². The molecular formula is C9H8BrNO4. The molecule has 0 aliphatic rings. The minimum absolute atomic E-state index is 0.0945. The lowest BCUT2D eigenvalue weighted by Crippen LogP contribution is -2.18.